The summed E-state index contributed by atoms with van der Waals surface area (Å²) in [4.78, 5) is 23.9. The van der Waals surface area contributed by atoms with Gasteiger partial charge in [-0.1, -0.05) is 51.0 Å². The monoisotopic (exact) mass is 457 g/mol. The second-order valence-corrected chi connectivity index (χ2v) is 8.19. The van der Waals surface area contributed by atoms with Crippen molar-refractivity contribution in [2.75, 3.05) is 4.90 Å². The van der Waals surface area contributed by atoms with Gasteiger partial charge in [-0.2, -0.15) is 0 Å². The molecule has 0 saturated heterocycles. The lowest BCUT2D eigenvalue weighted by Gasteiger charge is -2.19. The van der Waals surface area contributed by atoms with E-state index in [0.29, 0.717) is 22.3 Å². The number of aromatic nitrogens is 2. The molecule has 2 heterocycles. The minimum Gasteiger partial charge on any atom is -0.278 e. The third-order valence-corrected chi connectivity index (χ3v) is 5.70. The summed E-state index contributed by atoms with van der Waals surface area (Å²) in [5.74, 6) is -0.132. The van der Waals surface area contributed by atoms with Crippen LogP contribution in [0.1, 0.15) is 16.1 Å². The number of pyridine rings is 1. The summed E-state index contributed by atoms with van der Waals surface area (Å²) in [7, 11) is 0. The summed E-state index contributed by atoms with van der Waals surface area (Å²) in [5, 5.41) is 1.26. The van der Waals surface area contributed by atoms with E-state index in [9.17, 15) is 4.79 Å². The molecule has 0 bridgehead atoms. The van der Waals surface area contributed by atoms with Crippen molar-refractivity contribution in [1.82, 2.24) is 9.97 Å². The van der Waals surface area contributed by atoms with Gasteiger partial charge in [-0.3, -0.25) is 14.7 Å². The average molecular weight is 459 g/mol. The highest BCUT2D eigenvalue weighted by Crippen LogP contribution is 2.32. The van der Waals surface area contributed by atoms with Crippen molar-refractivity contribution in [3.8, 4) is 0 Å². The minimum atomic E-state index is -0.132. The molecule has 0 unspecified atom stereocenters. The van der Waals surface area contributed by atoms with Gasteiger partial charge < -0.3 is 0 Å². The number of anilines is 1. The number of hydrogen-bond donors (Lipinski definition) is 0. The van der Waals surface area contributed by atoms with Gasteiger partial charge in [0, 0.05) is 21.3 Å². The van der Waals surface area contributed by atoms with Crippen LogP contribution in [-0.4, -0.2) is 15.9 Å². The van der Waals surface area contributed by atoms with Crippen LogP contribution >= 0.6 is 38.9 Å². The summed E-state index contributed by atoms with van der Waals surface area (Å²) >= 11 is 11.0. The van der Waals surface area contributed by atoms with Crippen molar-refractivity contribution < 1.29 is 4.79 Å². The fourth-order valence-corrected chi connectivity index (χ4v) is 4.30. The van der Waals surface area contributed by atoms with Gasteiger partial charge in [-0.15, -0.1) is 0 Å². The van der Waals surface area contributed by atoms with Gasteiger partial charge in [0.2, 0.25) is 0 Å². The smallest absolute Gasteiger partial charge is 0.260 e. The lowest BCUT2D eigenvalue weighted by molar-refractivity contribution is 0.0984. The Bertz CT molecular complexity index is 1120. The van der Waals surface area contributed by atoms with Crippen LogP contribution in [0.3, 0.4) is 0 Å². The van der Waals surface area contributed by atoms with Crippen molar-refractivity contribution in [2.24, 2.45) is 0 Å². The van der Waals surface area contributed by atoms with E-state index in [0.717, 1.165) is 20.4 Å². The van der Waals surface area contributed by atoms with Crippen molar-refractivity contribution in [1.29, 1.82) is 0 Å². The number of thiazole rings is 1. The molecule has 0 atom stereocenters. The van der Waals surface area contributed by atoms with Gasteiger partial charge in [0.1, 0.15) is 0 Å². The maximum absolute atomic E-state index is 13.3. The summed E-state index contributed by atoms with van der Waals surface area (Å²) < 4.78 is 1.78. The van der Waals surface area contributed by atoms with Crippen LogP contribution in [0.5, 0.6) is 0 Å². The SMILES string of the molecule is O=C(c1cccc(Br)c1)N(Cc1ccccn1)c1nc2ccc(Cl)cc2s1. The fraction of sp³-hybridized carbons (Fsp3) is 0.0500. The number of halogens is 2. The Morgan fingerprint density at radius 1 is 1.11 bits per heavy atom. The van der Waals surface area contributed by atoms with Crippen molar-refractivity contribution in [3.05, 3.63) is 87.6 Å². The molecule has 0 aliphatic heterocycles. The molecule has 0 spiro atoms. The molecule has 4 aromatic rings. The maximum Gasteiger partial charge on any atom is 0.260 e. The van der Waals surface area contributed by atoms with E-state index in [1.807, 2.05) is 42.5 Å². The molecule has 0 saturated carbocycles. The molecule has 2 aromatic heterocycles. The van der Waals surface area contributed by atoms with Crippen molar-refractivity contribution in [3.63, 3.8) is 0 Å². The normalized spacial score (nSPS) is 10.9. The highest BCUT2D eigenvalue weighted by atomic mass is 79.9. The molecular formula is C20H13BrClN3OS. The number of fused-ring (bicyclic) bond motifs is 1. The fourth-order valence-electron chi connectivity index (χ4n) is 2.66. The predicted molar refractivity (Wildman–Crippen MR) is 114 cm³/mol. The number of hydrogen-bond acceptors (Lipinski definition) is 4. The molecule has 0 aliphatic carbocycles. The molecule has 7 heteroatoms. The summed E-state index contributed by atoms with van der Waals surface area (Å²) in [6.45, 7) is 0.333. The minimum absolute atomic E-state index is 0.132. The number of carbonyl (C=O) groups excluding carboxylic acids is 1. The number of nitrogens with zero attached hydrogens (tertiary/aromatic N) is 3. The van der Waals surface area contributed by atoms with E-state index in [4.69, 9.17) is 11.6 Å². The average Bonchev–Trinajstić information content (AvgIpc) is 3.09. The molecule has 27 heavy (non-hydrogen) atoms. The van der Waals surface area contributed by atoms with Crippen LogP contribution in [-0.2, 0) is 6.54 Å². The predicted octanol–water partition coefficient (Wildman–Crippen LogP) is 5.95. The Balaban J connectivity index is 1.77. The van der Waals surface area contributed by atoms with Crippen LogP contribution in [0.2, 0.25) is 5.02 Å². The van der Waals surface area contributed by atoms with Gasteiger partial charge >= 0.3 is 0 Å². The van der Waals surface area contributed by atoms with E-state index in [-0.39, 0.29) is 5.91 Å². The molecule has 0 radical (unpaired) electrons. The third kappa shape index (κ3) is 4.03. The topological polar surface area (TPSA) is 46.1 Å². The van der Waals surface area contributed by atoms with E-state index < -0.39 is 0 Å². The Labute approximate surface area is 173 Å². The Kier molecular flexibility index (Phi) is 5.20. The molecule has 4 rings (SSSR count). The standard InChI is InChI=1S/C20H13BrClN3OS/c21-14-5-3-4-13(10-14)19(26)25(12-16-6-1-2-9-23-16)20-24-17-8-7-15(22)11-18(17)27-20/h1-11H,12H2. The maximum atomic E-state index is 13.3. The summed E-state index contributed by atoms with van der Waals surface area (Å²) in [5.41, 5.74) is 2.18. The lowest BCUT2D eigenvalue weighted by Crippen LogP contribution is -2.30. The molecule has 0 fully saturated rings. The van der Waals surface area contributed by atoms with Gasteiger partial charge in [0.25, 0.3) is 5.91 Å². The molecular weight excluding hydrogens is 446 g/mol. The zero-order valence-electron chi connectivity index (χ0n) is 14.0. The second kappa shape index (κ2) is 7.76. The molecule has 2 aromatic carbocycles. The first-order valence-corrected chi connectivity index (χ1v) is 10.1. The zero-order valence-corrected chi connectivity index (χ0v) is 17.1. The highest BCUT2D eigenvalue weighted by Gasteiger charge is 2.22. The van der Waals surface area contributed by atoms with E-state index in [1.165, 1.54) is 11.3 Å². The molecule has 0 aliphatic rings. The van der Waals surface area contributed by atoms with Crippen LogP contribution in [0.15, 0.2) is 71.3 Å². The highest BCUT2D eigenvalue weighted by molar-refractivity contribution is 9.10. The lowest BCUT2D eigenvalue weighted by atomic mass is 10.2. The number of benzene rings is 2. The van der Waals surface area contributed by atoms with Gasteiger partial charge in [0.05, 0.1) is 22.5 Å². The summed E-state index contributed by atoms with van der Waals surface area (Å²) in [6, 6.07) is 18.5. The third-order valence-electron chi connectivity index (χ3n) is 3.93. The van der Waals surface area contributed by atoms with Crippen molar-refractivity contribution in [2.45, 2.75) is 6.54 Å². The first kappa shape index (κ1) is 18.1. The molecule has 0 N–H and O–H groups in total. The summed E-state index contributed by atoms with van der Waals surface area (Å²) in [6.07, 6.45) is 1.72. The Hall–Kier alpha value is -2.28. The van der Waals surface area contributed by atoms with Crippen molar-refractivity contribution >= 4 is 60.1 Å². The quantitative estimate of drug-likeness (QED) is 0.379. The van der Waals surface area contributed by atoms with Crippen LogP contribution < -0.4 is 4.90 Å². The largest absolute Gasteiger partial charge is 0.278 e. The van der Waals surface area contributed by atoms with Gasteiger partial charge in [-0.25, -0.2) is 4.98 Å². The van der Waals surface area contributed by atoms with Gasteiger partial charge in [-0.05, 0) is 48.5 Å². The molecule has 1 amide bonds. The van der Waals surface area contributed by atoms with E-state index >= 15 is 0 Å². The van der Waals surface area contributed by atoms with E-state index in [2.05, 4.69) is 25.9 Å². The van der Waals surface area contributed by atoms with Gasteiger partial charge in [0.15, 0.2) is 5.13 Å². The van der Waals surface area contributed by atoms with Crippen LogP contribution in [0, 0.1) is 0 Å². The van der Waals surface area contributed by atoms with Crippen LogP contribution in [0.4, 0.5) is 5.13 Å². The van der Waals surface area contributed by atoms with E-state index in [1.54, 1.807) is 29.3 Å². The number of rotatable bonds is 4. The number of amides is 1. The molecule has 4 nitrogen and oxygen atoms in total. The first-order chi connectivity index (χ1) is 13.1. The zero-order chi connectivity index (χ0) is 18.8. The first-order valence-electron chi connectivity index (χ1n) is 8.13. The van der Waals surface area contributed by atoms with Crippen LogP contribution in [0.25, 0.3) is 10.2 Å². The molecule has 134 valence electrons. The second-order valence-electron chi connectivity index (χ2n) is 5.83. The number of carbonyl (C=O) groups is 1. The Morgan fingerprint density at radius 3 is 2.78 bits per heavy atom. The Morgan fingerprint density at radius 2 is 2.00 bits per heavy atom.